The van der Waals surface area contributed by atoms with Gasteiger partial charge >= 0.3 is 0 Å². The van der Waals surface area contributed by atoms with Gasteiger partial charge in [0, 0.05) is 12.7 Å². The van der Waals surface area contributed by atoms with Crippen LogP contribution in [-0.4, -0.2) is 49.1 Å². The highest BCUT2D eigenvalue weighted by atomic mass is 16.2. The molecule has 0 unspecified atom stereocenters. The number of amides is 1. The SMILES string of the molecule is C=C(C)N=C/C(=C\CC)N(C)C(=O)CN(C)CCCC. The molecule has 0 aliphatic heterocycles. The molecule has 0 aromatic heterocycles. The van der Waals surface area contributed by atoms with Crippen LogP contribution in [0.4, 0.5) is 0 Å². The van der Waals surface area contributed by atoms with E-state index in [9.17, 15) is 4.79 Å². The highest BCUT2D eigenvalue weighted by molar-refractivity contribution is 5.89. The van der Waals surface area contributed by atoms with E-state index in [1.54, 1.807) is 18.2 Å². The first-order valence-electron chi connectivity index (χ1n) is 7.27. The Morgan fingerprint density at radius 2 is 1.95 bits per heavy atom. The summed E-state index contributed by atoms with van der Waals surface area (Å²) in [6.45, 7) is 11.1. The maximum atomic E-state index is 12.2. The van der Waals surface area contributed by atoms with Gasteiger partial charge in [0.2, 0.25) is 5.91 Å². The largest absolute Gasteiger partial charge is 0.313 e. The van der Waals surface area contributed by atoms with Crippen molar-refractivity contribution in [2.24, 2.45) is 4.99 Å². The maximum Gasteiger partial charge on any atom is 0.240 e. The van der Waals surface area contributed by atoms with Gasteiger partial charge in [-0.2, -0.15) is 0 Å². The van der Waals surface area contributed by atoms with Crippen LogP contribution < -0.4 is 0 Å². The standard InChI is InChI=1S/C16H29N3O/c1-7-9-11-18(5)13-16(20)19(6)15(10-8-2)12-17-14(3)4/h10,12H,3,7-9,11,13H2,1-2,4-6H3/b15-10+,17-12?. The third-order valence-electron chi connectivity index (χ3n) is 2.89. The molecule has 0 heterocycles. The fourth-order valence-electron chi connectivity index (χ4n) is 1.65. The number of carbonyl (C=O) groups is 1. The van der Waals surface area contributed by atoms with Crippen LogP contribution in [0.2, 0.25) is 0 Å². The van der Waals surface area contributed by atoms with Gasteiger partial charge in [-0.15, -0.1) is 0 Å². The zero-order chi connectivity index (χ0) is 15.5. The predicted molar refractivity (Wildman–Crippen MR) is 86.9 cm³/mol. The first kappa shape index (κ1) is 18.6. The van der Waals surface area contributed by atoms with Crippen LogP contribution in [-0.2, 0) is 4.79 Å². The van der Waals surface area contributed by atoms with Gasteiger partial charge in [-0.25, -0.2) is 0 Å². The number of rotatable bonds is 9. The first-order chi connectivity index (χ1) is 9.42. The Labute approximate surface area is 123 Å². The van der Waals surface area contributed by atoms with Crippen molar-refractivity contribution in [3.05, 3.63) is 24.0 Å². The summed E-state index contributed by atoms with van der Waals surface area (Å²) in [7, 11) is 3.77. The Bertz CT molecular complexity index is 372. The Balaban J connectivity index is 4.65. The van der Waals surface area contributed by atoms with Gasteiger partial charge in [-0.05, 0) is 33.4 Å². The second-order valence-electron chi connectivity index (χ2n) is 5.07. The minimum Gasteiger partial charge on any atom is -0.313 e. The summed E-state index contributed by atoms with van der Waals surface area (Å²) in [4.78, 5) is 20.1. The second-order valence-corrected chi connectivity index (χ2v) is 5.07. The molecule has 114 valence electrons. The quantitative estimate of drug-likeness (QED) is 0.608. The minimum absolute atomic E-state index is 0.0801. The number of likely N-dealkylation sites (N-methyl/N-ethyl adjacent to an activating group) is 2. The van der Waals surface area contributed by atoms with E-state index in [0.29, 0.717) is 6.54 Å². The molecule has 20 heavy (non-hydrogen) atoms. The van der Waals surface area contributed by atoms with Crippen LogP contribution in [0.3, 0.4) is 0 Å². The zero-order valence-electron chi connectivity index (χ0n) is 13.6. The molecule has 0 radical (unpaired) electrons. The van der Waals surface area contributed by atoms with E-state index in [-0.39, 0.29) is 5.91 Å². The van der Waals surface area contributed by atoms with Gasteiger partial charge in [0.1, 0.15) is 0 Å². The molecule has 0 aliphatic carbocycles. The van der Waals surface area contributed by atoms with Crippen molar-refractivity contribution in [2.45, 2.75) is 40.0 Å². The number of allylic oxidation sites excluding steroid dienone is 3. The normalized spacial score (nSPS) is 12.2. The molecule has 0 saturated heterocycles. The van der Waals surface area contributed by atoms with Crippen LogP contribution >= 0.6 is 0 Å². The van der Waals surface area contributed by atoms with Gasteiger partial charge in [0.05, 0.1) is 18.5 Å². The molecule has 0 rings (SSSR count). The molecule has 0 aromatic rings. The number of unbranched alkanes of at least 4 members (excludes halogenated alkanes) is 1. The molecular weight excluding hydrogens is 250 g/mol. The number of aliphatic imine (C=N–C) groups is 1. The maximum absolute atomic E-state index is 12.2. The summed E-state index contributed by atoms with van der Waals surface area (Å²) in [5, 5.41) is 0. The molecule has 0 bridgehead atoms. The number of hydrogen-bond donors (Lipinski definition) is 0. The molecule has 4 heteroatoms. The molecule has 0 aromatic carbocycles. The fourth-order valence-corrected chi connectivity index (χ4v) is 1.65. The highest BCUT2D eigenvalue weighted by Gasteiger charge is 2.13. The lowest BCUT2D eigenvalue weighted by Gasteiger charge is -2.22. The molecule has 0 spiro atoms. The number of nitrogens with zero attached hydrogens (tertiary/aromatic N) is 3. The van der Waals surface area contributed by atoms with E-state index in [1.165, 1.54) is 0 Å². The number of carbonyl (C=O) groups excluding carboxylic acids is 1. The van der Waals surface area contributed by atoms with Gasteiger partial charge < -0.3 is 4.90 Å². The lowest BCUT2D eigenvalue weighted by molar-refractivity contribution is -0.128. The van der Waals surface area contributed by atoms with Gasteiger partial charge in [0.15, 0.2) is 0 Å². The summed E-state index contributed by atoms with van der Waals surface area (Å²) in [6.07, 6.45) is 6.82. The van der Waals surface area contributed by atoms with Crippen molar-refractivity contribution in [1.29, 1.82) is 0 Å². The average molecular weight is 279 g/mol. The molecule has 0 fully saturated rings. The first-order valence-corrected chi connectivity index (χ1v) is 7.27. The third kappa shape index (κ3) is 7.89. The van der Waals surface area contributed by atoms with Crippen LogP contribution in [0.15, 0.2) is 29.0 Å². The Morgan fingerprint density at radius 3 is 2.45 bits per heavy atom. The van der Waals surface area contributed by atoms with Crippen molar-refractivity contribution in [3.63, 3.8) is 0 Å². The van der Waals surface area contributed by atoms with E-state index in [4.69, 9.17) is 0 Å². The van der Waals surface area contributed by atoms with E-state index in [1.807, 2.05) is 27.0 Å². The van der Waals surface area contributed by atoms with Crippen LogP contribution in [0.5, 0.6) is 0 Å². The summed E-state index contributed by atoms with van der Waals surface area (Å²) in [5.41, 5.74) is 1.55. The molecule has 0 aliphatic rings. The topological polar surface area (TPSA) is 35.9 Å². The zero-order valence-corrected chi connectivity index (χ0v) is 13.6. The molecule has 4 nitrogen and oxygen atoms in total. The summed E-state index contributed by atoms with van der Waals surface area (Å²) in [5.74, 6) is 0.0801. The minimum atomic E-state index is 0.0801. The van der Waals surface area contributed by atoms with Crippen molar-refractivity contribution in [2.75, 3.05) is 27.2 Å². The van der Waals surface area contributed by atoms with Crippen molar-refractivity contribution < 1.29 is 4.79 Å². The summed E-state index contributed by atoms with van der Waals surface area (Å²) in [6, 6.07) is 0. The molecule has 0 atom stereocenters. The van der Waals surface area contributed by atoms with Crippen LogP contribution in [0.1, 0.15) is 40.0 Å². The predicted octanol–water partition coefficient (Wildman–Crippen LogP) is 3.08. The number of hydrogen-bond acceptors (Lipinski definition) is 3. The molecular formula is C16H29N3O. The lowest BCUT2D eigenvalue weighted by Crippen LogP contribution is -2.36. The molecule has 0 N–H and O–H groups in total. The van der Waals surface area contributed by atoms with E-state index in [0.717, 1.165) is 37.2 Å². The highest BCUT2D eigenvalue weighted by Crippen LogP contribution is 2.04. The Hall–Kier alpha value is -1.42. The van der Waals surface area contributed by atoms with E-state index < -0.39 is 0 Å². The molecule has 0 saturated carbocycles. The average Bonchev–Trinajstić information content (AvgIpc) is 2.40. The van der Waals surface area contributed by atoms with Gasteiger partial charge in [-0.3, -0.25) is 14.7 Å². The van der Waals surface area contributed by atoms with E-state index >= 15 is 0 Å². The van der Waals surface area contributed by atoms with Crippen molar-refractivity contribution >= 4 is 12.1 Å². The van der Waals surface area contributed by atoms with Gasteiger partial charge in [0.25, 0.3) is 0 Å². The van der Waals surface area contributed by atoms with Crippen LogP contribution in [0.25, 0.3) is 0 Å². The van der Waals surface area contributed by atoms with Crippen LogP contribution in [0, 0.1) is 0 Å². The fraction of sp³-hybridized carbons (Fsp3) is 0.625. The van der Waals surface area contributed by atoms with Gasteiger partial charge in [-0.1, -0.05) is 32.9 Å². The Morgan fingerprint density at radius 1 is 1.30 bits per heavy atom. The Kier molecular flexibility index (Phi) is 9.64. The lowest BCUT2D eigenvalue weighted by atomic mass is 10.3. The smallest absolute Gasteiger partial charge is 0.240 e. The third-order valence-corrected chi connectivity index (χ3v) is 2.89. The van der Waals surface area contributed by atoms with Crippen molar-refractivity contribution in [3.8, 4) is 0 Å². The van der Waals surface area contributed by atoms with Crippen molar-refractivity contribution in [1.82, 2.24) is 9.80 Å². The van der Waals surface area contributed by atoms with E-state index in [2.05, 4.69) is 23.4 Å². The monoisotopic (exact) mass is 279 g/mol. The summed E-state index contributed by atoms with van der Waals surface area (Å²) >= 11 is 0. The molecule has 1 amide bonds. The summed E-state index contributed by atoms with van der Waals surface area (Å²) < 4.78 is 0. The second kappa shape index (κ2) is 10.4.